The fraction of sp³-hybridized carbons (Fsp3) is 0.385. The van der Waals surface area contributed by atoms with Gasteiger partial charge in [-0.25, -0.2) is 4.39 Å². The highest BCUT2D eigenvalue weighted by molar-refractivity contribution is 5.79. The molecular weight excluding hydrogens is 263 g/mol. The summed E-state index contributed by atoms with van der Waals surface area (Å²) in [7, 11) is 0. The zero-order valence-electron chi connectivity index (χ0n) is 11.3. The average Bonchev–Trinajstić information content (AvgIpc) is 2.26. The number of primary amides is 2. The van der Waals surface area contributed by atoms with Crippen molar-refractivity contribution in [3.05, 3.63) is 35.6 Å². The van der Waals surface area contributed by atoms with Crippen LogP contribution in [0.2, 0.25) is 0 Å². The Morgan fingerprint density at radius 2 is 1.80 bits per heavy atom. The van der Waals surface area contributed by atoms with Crippen molar-refractivity contribution >= 4 is 11.8 Å². The van der Waals surface area contributed by atoms with Crippen LogP contribution in [-0.4, -0.2) is 35.8 Å². The largest absolute Gasteiger partial charge is 0.369 e. The predicted octanol–water partition coefficient (Wildman–Crippen LogP) is -0.513. The van der Waals surface area contributed by atoms with Crippen LogP contribution in [0, 0.1) is 5.82 Å². The van der Waals surface area contributed by atoms with E-state index in [0.29, 0.717) is 5.56 Å². The summed E-state index contributed by atoms with van der Waals surface area (Å²) in [5.74, 6) is -1.66. The number of rotatable bonds is 7. The van der Waals surface area contributed by atoms with E-state index in [1.54, 1.807) is 13.0 Å². The van der Waals surface area contributed by atoms with E-state index in [-0.39, 0.29) is 13.1 Å². The molecule has 0 aliphatic carbocycles. The Kier molecular flexibility index (Phi) is 5.60. The molecule has 6 nitrogen and oxygen atoms in total. The number of amides is 2. The van der Waals surface area contributed by atoms with E-state index in [1.807, 2.05) is 0 Å². The summed E-state index contributed by atoms with van der Waals surface area (Å²) in [6.07, 6.45) is 0. The van der Waals surface area contributed by atoms with Crippen molar-refractivity contribution in [2.45, 2.75) is 19.0 Å². The van der Waals surface area contributed by atoms with Crippen LogP contribution in [0.25, 0.3) is 0 Å². The minimum absolute atomic E-state index is 0.189. The normalized spacial score (nSPS) is 14.0. The van der Waals surface area contributed by atoms with Crippen molar-refractivity contribution < 1.29 is 14.0 Å². The molecule has 1 rings (SSSR count). The summed E-state index contributed by atoms with van der Waals surface area (Å²) < 4.78 is 13.3. The van der Waals surface area contributed by atoms with Gasteiger partial charge in [-0.1, -0.05) is 12.1 Å². The summed E-state index contributed by atoms with van der Waals surface area (Å²) in [6.45, 7) is 1.32. The molecule has 2 amide bonds. The van der Waals surface area contributed by atoms with E-state index < -0.39 is 29.7 Å². The monoisotopic (exact) mass is 282 g/mol. The van der Waals surface area contributed by atoms with Gasteiger partial charge in [0, 0.05) is 6.04 Å². The van der Waals surface area contributed by atoms with Crippen molar-refractivity contribution in [2.24, 2.45) is 17.2 Å². The van der Waals surface area contributed by atoms with Crippen molar-refractivity contribution in [3.8, 4) is 0 Å². The minimum Gasteiger partial charge on any atom is -0.369 e. The number of carbonyl (C=O) groups is 2. The molecular formula is C13H19FN4O2. The third-order valence-corrected chi connectivity index (χ3v) is 2.80. The van der Waals surface area contributed by atoms with Crippen molar-refractivity contribution in [2.75, 3.05) is 13.1 Å². The summed E-state index contributed by atoms with van der Waals surface area (Å²) in [6, 6.07) is 4.83. The van der Waals surface area contributed by atoms with Crippen molar-refractivity contribution in [3.63, 3.8) is 0 Å². The lowest BCUT2D eigenvalue weighted by Crippen LogP contribution is -2.47. The van der Waals surface area contributed by atoms with E-state index in [2.05, 4.69) is 0 Å². The summed E-state index contributed by atoms with van der Waals surface area (Å²) in [5.41, 5.74) is 16.8. The lowest BCUT2D eigenvalue weighted by atomic mass is 9.98. The second kappa shape index (κ2) is 6.97. The molecule has 1 aromatic carbocycles. The van der Waals surface area contributed by atoms with E-state index in [0.717, 1.165) is 0 Å². The molecule has 0 fully saturated rings. The van der Waals surface area contributed by atoms with E-state index in [1.165, 1.54) is 23.1 Å². The molecule has 0 aliphatic rings. The van der Waals surface area contributed by atoms with E-state index >= 15 is 0 Å². The molecule has 0 bridgehead atoms. The van der Waals surface area contributed by atoms with Crippen LogP contribution in [0.1, 0.15) is 18.5 Å². The summed E-state index contributed by atoms with van der Waals surface area (Å²) >= 11 is 0. The molecule has 2 atom stereocenters. The van der Waals surface area contributed by atoms with Crippen molar-refractivity contribution in [1.29, 1.82) is 0 Å². The molecule has 0 spiro atoms. The Bertz CT molecular complexity index is 477. The first kappa shape index (κ1) is 16.1. The molecule has 2 unspecified atom stereocenters. The van der Waals surface area contributed by atoms with Crippen LogP contribution in [0.3, 0.4) is 0 Å². The Hall–Kier alpha value is -1.99. The molecule has 7 heteroatoms. The van der Waals surface area contributed by atoms with Gasteiger partial charge in [0.25, 0.3) is 0 Å². The van der Waals surface area contributed by atoms with Gasteiger partial charge >= 0.3 is 0 Å². The van der Waals surface area contributed by atoms with E-state index in [4.69, 9.17) is 17.2 Å². The van der Waals surface area contributed by atoms with Crippen LogP contribution in [0.15, 0.2) is 24.3 Å². The highest BCUT2D eigenvalue weighted by Crippen LogP contribution is 2.23. The Morgan fingerprint density at radius 1 is 1.25 bits per heavy atom. The number of nitrogens with two attached hydrogens (primary N) is 3. The number of hydrogen-bond acceptors (Lipinski definition) is 4. The molecule has 0 heterocycles. The van der Waals surface area contributed by atoms with E-state index in [9.17, 15) is 14.0 Å². The smallest absolute Gasteiger partial charge is 0.231 e. The molecule has 0 aromatic heterocycles. The van der Waals surface area contributed by atoms with Gasteiger partial charge in [0.05, 0.1) is 19.1 Å². The van der Waals surface area contributed by atoms with Gasteiger partial charge in [0.1, 0.15) is 5.82 Å². The molecule has 0 saturated heterocycles. The fourth-order valence-corrected chi connectivity index (χ4v) is 2.19. The van der Waals surface area contributed by atoms with Crippen LogP contribution in [-0.2, 0) is 9.59 Å². The first-order chi connectivity index (χ1) is 9.31. The standard InChI is InChI=1S/C13H19FN4O2/c1-8(15)13(9-3-2-4-10(14)5-9)18(6-11(16)19)7-12(17)20/h2-5,8,13H,6-7,15H2,1H3,(H2,16,19)(H2,17,20). The number of carbonyl (C=O) groups excluding carboxylic acids is 2. The van der Waals surface area contributed by atoms with Gasteiger partial charge in [0.2, 0.25) is 11.8 Å². The highest BCUT2D eigenvalue weighted by atomic mass is 19.1. The zero-order chi connectivity index (χ0) is 15.3. The highest BCUT2D eigenvalue weighted by Gasteiger charge is 2.26. The van der Waals surface area contributed by atoms with Crippen molar-refractivity contribution in [1.82, 2.24) is 4.90 Å². The maximum atomic E-state index is 13.3. The first-order valence-electron chi connectivity index (χ1n) is 6.13. The Morgan fingerprint density at radius 3 is 2.20 bits per heavy atom. The molecule has 110 valence electrons. The van der Waals surface area contributed by atoms with Crippen LogP contribution in [0.4, 0.5) is 4.39 Å². The van der Waals surface area contributed by atoms with Gasteiger partial charge < -0.3 is 17.2 Å². The lowest BCUT2D eigenvalue weighted by Gasteiger charge is -2.32. The van der Waals surface area contributed by atoms with Crippen LogP contribution >= 0.6 is 0 Å². The van der Waals surface area contributed by atoms with Gasteiger partial charge in [0.15, 0.2) is 0 Å². The Balaban J connectivity index is 3.12. The number of hydrogen-bond donors (Lipinski definition) is 3. The molecule has 20 heavy (non-hydrogen) atoms. The fourth-order valence-electron chi connectivity index (χ4n) is 2.19. The molecule has 0 saturated carbocycles. The third-order valence-electron chi connectivity index (χ3n) is 2.80. The van der Waals surface area contributed by atoms with Crippen LogP contribution in [0.5, 0.6) is 0 Å². The quantitative estimate of drug-likeness (QED) is 0.624. The van der Waals surface area contributed by atoms with Gasteiger partial charge in [-0.05, 0) is 24.6 Å². The number of nitrogens with zero attached hydrogens (tertiary/aromatic N) is 1. The minimum atomic E-state index is -0.617. The molecule has 6 N–H and O–H groups in total. The summed E-state index contributed by atoms with van der Waals surface area (Å²) in [5, 5.41) is 0. The Labute approximate surface area is 116 Å². The second-order valence-corrected chi connectivity index (χ2v) is 4.70. The van der Waals surface area contributed by atoms with Gasteiger partial charge in [-0.2, -0.15) is 0 Å². The predicted molar refractivity (Wildman–Crippen MR) is 72.8 cm³/mol. The molecule has 1 aromatic rings. The number of benzene rings is 1. The second-order valence-electron chi connectivity index (χ2n) is 4.70. The maximum absolute atomic E-state index is 13.3. The summed E-state index contributed by atoms with van der Waals surface area (Å²) in [4.78, 5) is 23.7. The average molecular weight is 282 g/mol. The third kappa shape index (κ3) is 4.60. The van der Waals surface area contributed by atoms with Gasteiger partial charge in [-0.15, -0.1) is 0 Å². The molecule has 0 aliphatic heterocycles. The van der Waals surface area contributed by atoms with Crippen LogP contribution < -0.4 is 17.2 Å². The topological polar surface area (TPSA) is 115 Å². The zero-order valence-corrected chi connectivity index (χ0v) is 11.3. The first-order valence-corrected chi connectivity index (χ1v) is 6.13. The SMILES string of the molecule is CC(N)C(c1cccc(F)c1)N(CC(N)=O)CC(N)=O. The maximum Gasteiger partial charge on any atom is 0.231 e. The number of halogens is 1. The molecule has 0 radical (unpaired) electrons. The lowest BCUT2D eigenvalue weighted by molar-refractivity contribution is -0.123. The van der Waals surface area contributed by atoms with Gasteiger partial charge in [-0.3, -0.25) is 14.5 Å².